The number of aromatic nitrogens is 2. The molecule has 0 radical (unpaired) electrons. The van der Waals surface area contributed by atoms with E-state index < -0.39 is 0 Å². The van der Waals surface area contributed by atoms with Crippen molar-refractivity contribution < 1.29 is 4.52 Å². The number of hydrogen-bond acceptors (Lipinski definition) is 5. The monoisotopic (exact) mass is 252 g/mol. The quantitative estimate of drug-likeness (QED) is 0.858. The Labute approximate surface area is 109 Å². The topological polar surface area (TPSA) is 54.2 Å². The highest BCUT2D eigenvalue weighted by molar-refractivity contribution is 4.88. The molecular formula is C13H24N4O. The Hall–Kier alpha value is -0.940. The summed E-state index contributed by atoms with van der Waals surface area (Å²) in [6.45, 7) is 9.58. The van der Waals surface area contributed by atoms with Crippen molar-refractivity contribution in [3.63, 3.8) is 0 Å². The molecule has 0 bridgehead atoms. The van der Waals surface area contributed by atoms with Gasteiger partial charge in [-0.2, -0.15) is 4.98 Å². The molecule has 1 aromatic rings. The fraction of sp³-hybridized carbons (Fsp3) is 0.846. The SMILES string of the molecule is CCCC1CN(CCc2noc(C)n2)C(C)CN1. The van der Waals surface area contributed by atoms with Gasteiger partial charge in [0, 0.05) is 45.1 Å². The van der Waals surface area contributed by atoms with E-state index >= 15 is 0 Å². The predicted molar refractivity (Wildman–Crippen MR) is 70.5 cm³/mol. The Bertz CT molecular complexity index is 366. The maximum atomic E-state index is 5.00. The molecule has 2 atom stereocenters. The maximum absolute atomic E-state index is 5.00. The third kappa shape index (κ3) is 3.53. The van der Waals surface area contributed by atoms with Crippen LogP contribution in [-0.4, -0.2) is 46.8 Å². The van der Waals surface area contributed by atoms with Gasteiger partial charge < -0.3 is 9.84 Å². The number of hydrogen-bond donors (Lipinski definition) is 1. The van der Waals surface area contributed by atoms with Gasteiger partial charge in [0.05, 0.1) is 0 Å². The van der Waals surface area contributed by atoms with Crippen LogP contribution in [0.25, 0.3) is 0 Å². The smallest absolute Gasteiger partial charge is 0.223 e. The average molecular weight is 252 g/mol. The third-order valence-corrected chi connectivity index (χ3v) is 3.61. The van der Waals surface area contributed by atoms with Crippen LogP contribution in [0.4, 0.5) is 0 Å². The van der Waals surface area contributed by atoms with Gasteiger partial charge in [-0.3, -0.25) is 4.90 Å². The Kier molecular flexibility index (Phi) is 4.72. The van der Waals surface area contributed by atoms with Crippen LogP contribution in [0.1, 0.15) is 38.4 Å². The summed E-state index contributed by atoms with van der Waals surface area (Å²) in [6, 6.07) is 1.23. The van der Waals surface area contributed by atoms with Crippen molar-refractivity contribution in [2.45, 2.75) is 52.1 Å². The Morgan fingerprint density at radius 2 is 2.33 bits per heavy atom. The minimum Gasteiger partial charge on any atom is -0.340 e. The lowest BCUT2D eigenvalue weighted by atomic mass is 10.1. The van der Waals surface area contributed by atoms with Crippen LogP contribution in [0.2, 0.25) is 0 Å². The summed E-state index contributed by atoms with van der Waals surface area (Å²) in [5.41, 5.74) is 0. The van der Waals surface area contributed by atoms with Gasteiger partial charge in [0.1, 0.15) is 0 Å². The van der Waals surface area contributed by atoms with E-state index in [-0.39, 0.29) is 0 Å². The largest absolute Gasteiger partial charge is 0.340 e. The molecule has 2 heterocycles. The van der Waals surface area contributed by atoms with Crippen LogP contribution in [0.3, 0.4) is 0 Å². The van der Waals surface area contributed by atoms with Gasteiger partial charge in [0.2, 0.25) is 5.89 Å². The highest BCUT2D eigenvalue weighted by Crippen LogP contribution is 2.11. The van der Waals surface area contributed by atoms with Crippen molar-refractivity contribution in [3.05, 3.63) is 11.7 Å². The average Bonchev–Trinajstić information content (AvgIpc) is 2.76. The van der Waals surface area contributed by atoms with E-state index in [2.05, 4.69) is 34.2 Å². The normalized spacial score (nSPS) is 25.5. The molecule has 5 heteroatoms. The Morgan fingerprint density at radius 1 is 1.50 bits per heavy atom. The van der Waals surface area contributed by atoms with E-state index in [9.17, 15) is 0 Å². The van der Waals surface area contributed by atoms with E-state index in [1.54, 1.807) is 0 Å². The summed E-state index contributed by atoms with van der Waals surface area (Å²) in [6.07, 6.45) is 3.37. The van der Waals surface area contributed by atoms with Crippen molar-refractivity contribution >= 4 is 0 Å². The summed E-state index contributed by atoms with van der Waals surface area (Å²) in [7, 11) is 0. The minimum atomic E-state index is 0.589. The van der Waals surface area contributed by atoms with Crippen LogP contribution in [0.5, 0.6) is 0 Å². The fourth-order valence-electron chi connectivity index (χ4n) is 2.53. The maximum Gasteiger partial charge on any atom is 0.223 e. The highest BCUT2D eigenvalue weighted by Gasteiger charge is 2.24. The third-order valence-electron chi connectivity index (χ3n) is 3.61. The predicted octanol–water partition coefficient (Wildman–Crippen LogP) is 1.38. The van der Waals surface area contributed by atoms with Crippen molar-refractivity contribution in [2.75, 3.05) is 19.6 Å². The number of piperazine rings is 1. The van der Waals surface area contributed by atoms with Crippen molar-refractivity contribution in [1.29, 1.82) is 0 Å². The molecule has 2 unspecified atom stereocenters. The summed E-state index contributed by atoms with van der Waals surface area (Å²) in [5, 5.41) is 7.56. The van der Waals surface area contributed by atoms with Gasteiger partial charge >= 0.3 is 0 Å². The van der Waals surface area contributed by atoms with Gasteiger partial charge in [-0.25, -0.2) is 0 Å². The Balaban J connectivity index is 1.82. The molecule has 0 spiro atoms. The Morgan fingerprint density at radius 3 is 3.00 bits per heavy atom. The molecule has 1 saturated heterocycles. The first-order chi connectivity index (χ1) is 8.69. The van der Waals surface area contributed by atoms with Gasteiger partial charge in [0.25, 0.3) is 0 Å². The van der Waals surface area contributed by atoms with E-state index in [0.717, 1.165) is 31.9 Å². The second-order valence-corrected chi connectivity index (χ2v) is 5.22. The van der Waals surface area contributed by atoms with Crippen LogP contribution in [0.15, 0.2) is 4.52 Å². The molecule has 0 saturated carbocycles. The molecule has 1 fully saturated rings. The van der Waals surface area contributed by atoms with Crippen LogP contribution in [-0.2, 0) is 6.42 Å². The lowest BCUT2D eigenvalue weighted by molar-refractivity contribution is 0.137. The molecule has 102 valence electrons. The number of nitrogens with one attached hydrogen (secondary N) is 1. The molecular weight excluding hydrogens is 228 g/mol. The summed E-state index contributed by atoms with van der Waals surface area (Å²) in [4.78, 5) is 6.79. The standard InChI is InChI=1S/C13H24N4O/c1-4-5-12-9-17(10(2)8-14-12)7-6-13-15-11(3)18-16-13/h10,12,14H,4-9H2,1-3H3. The fourth-order valence-corrected chi connectivity index (χ4v) is 2.53. The first kappa shape index (κ1) is 13.5. The van der Waals surface area contributed by atoms with Gasteiger partial charge in [-0.1, -0.05) is 18.5 Å². The van der Waals surface area contributed by atoms with Crippen molar-refractivity contribution in [2.24, 2.45) is 0 Å². The molecule has 1 aliphatic heterocycles. The van der Waals surface area contributed by atoms with Crippen molar-refractivity contribution in [1.82, 2.24) is 20.4 Å². The van der Waals surface area contributed by atoms with Gasteiger partial charge in [-0.05, 0) is 13.3 Å². The van der Waals surface area contributed by atoms with E-state index in [0.29, 0.717) is 18.0 Å². The van der Waals surface area contributed by atoms with E-state index in [1.165, 1.54) is 12.8 Å². The summed E-state index contributed by atoms with van der Waals surface area (Å²) < 4.78 is 5.00. The van der Waals surface area contributed by atoms with Crippen LogP contribution < -0.4 is 5.32 Å². The molecule has 5 nitrogen and oxygen atoms in total. The van der Waals surface area contributed by atoms with Crippen LogP contribution in [0, 0.1) is 6.92 Å². The van der Waals surface area contributed by atoms with Gasteiger partial charge in [0.15, 0.2) is 5.82 Å². The lowest BCUT2D eigenvalue weighted by Gasteiger charge is -2.38. The summed E-state index contributed by atoms with van der Waals surface area (Å²) >= 11 is 0. The zero-order valence-electron chi connectivity index (χ0n) is 11.6. The molecule has 1 aromatic heterocycles. The lowest BCUT2D eigenvalue weighted by Crippen LogP contribution is -2.55. The number of aryl methyl sites for hydroxylation is 1. The first-order valence-electron chi connectivity index (χ1n) is 6.95. The van der Waals surface area contributed by atoms with E-state index in [4.69, 9.17) is 4.52 Å². The minimum absolute atomic E-state index is 0.589. The molecule has 2 rings (SSSR count). The van der Waals surface area contributed by atoms with Gasteiger partial charge in [-0.15, -0.1) is 0 Å². The zero-order valence-corrected chi connectivity index (χ0v) is 11.6. The zero-order chi connectivity index (χ0) is 13.0. The number of rotatable bonds is 5. The van der Waals surface area contributed by atoms with E-state index in [1.807, 2.05) is 6.92 Å². The first-order valence-corrected chi connectivity index (χ1v) is 6.95. The van der Waals surface area contributed by atoms with Crippen molar-refractivity contribution in [3.8, 4) is 0 Å². The second kappa shape index (κ2) is 6.29. The molecule has 1 N–H and O–H groups in total. The molecule has 18 heavy (non-hydrogen) atoms. The molecule has 1 aliphatic rings. The molecule has 0 amide bonds. The molecule has 0 aliphatic carbocycles. The second-order valence-electron chi connectivity index (χ2n) is 5.22. The molecule has 0 aromatic carbocycles. The summed E-state index contributed by atoms with van der Waals surface area (Å²) in [5.74, 6) is 1.48. The number of nitrogens with zero attached hydrogens (tertiary/aromatic N) is 3. The highest BCUT2D eigenvalue weighted by atomic mass is 16.5. The van der Waals surface area contributed by atoms with Crippen LogP contribution >= 0.6 is 0 Å².